The maximum absolute atomic E-state index is 12.8. The van der Waals surface area contributed by atoms with Gasteiger partial charge in [-0.25, -0.2) is 9.31 Å². The number of hydrogen-bond donors (Lipinski definition) is 1. The van der Waals surface area contributed by atoms with Gasteiger partial charge in [-0.3, -0.25) is 4.79 Å². The highest BCUT2D eigenvalue weighted by Crippen LogP contribution is 2.22. The van der Waals surface area contributed by atoms with Crippen LogP contribution in [0.15, 0.2) is 30.6 Å². The van der Waals surface area contributed by atoms with Crippen LogP contribution in [0, 0.1) is 0 Å². The second-order valence-corrected chi connectivity index (χ2v) is 5.30. The van der Waals surface area contributed by atoms with E-state index >= 15 is 0 Å². The maximum Gasteiger partial charge on any atom is 0.328 e. The van der Waals surface area contributed by atoms with E-state index in [2.05, 4.69) is 5.10 Å². The summed E-state index contributed by atoms with van der Waals surface area (Å²) < 4.78 is 6.37. The third kappa shape index (κ3) is 2.43. The van der Waals surface area contributed by atoms with Crippen molar-refractivity contribution in [1.29, 1.82) is 0 Å². The van der Waals surface area contributed by atoms with Crippen LogP contribution < -0.4 is 0 Å². The van der Waals surface area contributed by atoms with E-state index in [1.807, 2.05) is 12.1 Å². The van der Waals surface area contributed by atoms with Crippen molar-refractivity contribution in [3.05, 3.63) is 36.2 Å². The third-order valence-corrected chi connectivity index (χ3v) is 3.97. The summed E-state index contributed by atoms with van der Waals surface area (Å²) in [6.45, 7) is 0.309. The number of aromatic nitrogens is 2. The monoisotopic (exact) mass is 303 g/mol. The van der Waals surface area contributed by atoms with Crippen molar-refractivity contribution in [3.63, 3.8) is 0 Å². The van der Waals surface area contributed by atoms with Gasteiger partial charge in [-0.2, -0.15) is 5.10 Å². The maximum atomic E-state index is 12.8. The minimum absolute atomic E-state index is 0.192. The SMILES string of the molecule is COC(=O)[C@@H]1C[C@H](O)CCN1C(=O)c1cnn2ccccc12. The standard InChI is InChI=1S/C15H17N3O4/c1-22-15(21)13-8-10(19)5-7-17(13)14(20)11-9-16-18-6-3-2-4-12(11)18/h2-4,6,9-10,13,19H,5,7-8H2,1H3/t10-,13+/m1/s1. The first-order chi connectivity index (χ1) is 10.6. The van der Waals surface area contributed by atoms with Gasteiger partial charge in [0.1, 0.15) is 6.04 Å². The van der Waals surface area contributed by atoms with E-state index in [9.17, 15) is 14.7 Å². The zero-order valence-corrected chi connectivity index (χ0v) is 12.2. The number of piperidine rings is 1. The lowest BCUT2D eigenvalue weighted by molar-refractivity contribution is -0.148. The number of fused-ring (bicyclic) bond motifs is 1. The molecule has 3 heterocycles. The Balaban J connectivity index is 1.94. The lowest BCUT2D eigenvalue weighted by Crippen LogP contribution is -2.51. The molecule has 3 rings (SSSR count). The lowest BCUT2D eigenvalue weighted by atomic mass is 9.98. The molecule has 22 heavy (non-hydrogen) atoms. The average molecular weight is 303 g/mol. The molecule has 0 radical (unpaired) electrons. The molecule has 1 fully saturated rings. The Bertz CT molecular complexity index is 712. The van der Waals surface area contributed by atoms with Gasteiger partial charge in [0.2, 0.25) is 0 Å². The summed E-state index contributed by atoms with van der Waals surface area (Å²) in [5.41, 5.74) is 1.12. The number of carbonyl (C=O) groups excluding carboxylic acids is 2. The van der Waals surface area contributed by atoms with Crippen molar-refractivity contribution in [1.82, 2.24) is 14.5 Å². The van der Waals surface area contributed by atoms with Crippen molar-refractivity contribution in [2.75, 3.05) is 13.7 Å². The highest BCUT2D eigenvalue weighted by atomic mass is 16.5. The molecule has 1 N–H and O–H groups in total. The molecule has 1 aliphatic heterocycles. The van der Waals surface area contributed by atoms with Crippen LogP contribution in [0.4, 0.5) is 0 Å². The van der Waals surface area contributed by atoms with E-state index in [4.69, 9.17) is 4.74 Å². The van der Waals surface area contributed by atoms with Gasteiger partial charge >= 0.3 is 5.97 Å². The molecule has 2 atom stereocenters. The molecule has 0 aromatic carbocycles. The van der Waals surface area contributed by atoms with Gasteiger partial charge in [0.25, 0.3) is 5.91 Å². The molecule has 116 valence electrons. The van der Waals surface area contributed by atoms with Crippen LogP contribution in [0.3, 0.4) is 0 Å². The van der Waals surface area contributed by atoms with Crippen LogP contribution in [0.2, 0.25) is 0 Å². The van der Waals surface area contributed by atoms with Gasteiger partial charge < -0.3 is 14.7 Å². The molecular formula is C15H17N3O4. The van der Waals surface area contributed by atoms with Crippen LogP contribution in [0.25, 0.3) is 5.52 Å². The average Bonchev–Trinajstić information content (AvgIpc) is 2.97. The van der Waals surface area contributed by atoms with Crippen LogP contribution in [0.1, 0.15) is 23.2 Å². The number of aliphatic hydroxyl groups excluding tert-OH is 1. The van der Waals surface area contributed by atoms with Crippen LogP contribution in [-0.4, -0.2) is 57.3 Å². The number of pyridine rings is 1. The molecule has 0 aliphatic carbocycles. The summed E-state index contributed by atoms with van der Waals surface area (Å²) in [5.74, 6) is -0.785. The van der Waals surface area contributed by atoms with Crippen molar-refractivity contribution >= 4 is 17.4 Å². The highest BCUT2D eigenvalue weighted by molar-refractivity contribution is 6.02. The molecule has 1 amide bonds. The first-order valence-electron chi connectivity index (χ1n) is 7.11. The number of esters is 1. The molecule has 2 aromatic rings. The van der Waals surface area contributed by atoms with Gasteiger partial charge in [0.05, 0.1) is 30.5 Å². The second kappa shape index (κ2) is 5.76. The molecule has 2 aromatic heterocycles. The fourth-order valence-electron chi connectivity index (χ4n) is 2.80. The van der Waals surface area contributed by atoms with E-state index in [1.165, 1.54) is 18.2 Å². The van der Waals surface area contributed by atoms with Gasteiger partial charge in [0.15, 0.2) is 0 Å². The molecule has 1 saturated heterocycles. The number of amides is 1. The van der Waals surface area contributed by atoms with E-state index in [-0.39, 0.29) is 12.3 Å². The van der Waals surface area contributed by atoms with E-state index < -0.39 is 18.1 Å². The van der Waals surface area contributed by atoms with E-state index in [0.29, 0.717) is 24.0 Å². The Morgan fingerprint density at radius 3 is 3.00 bits per heavy atom. The van der Waals surface area contributed by atoms with Crippen LogP contribution in [-0.2, 0) is 9.53 Å². The number of carbonyl (C=O) groups is 2. The molecular weight excluding hydrogens is 286 g/mol. The van der Waals surface area contributed by atoms with E-state index in [1.54, 1.807) is 16.8 Å². The van der Waals surface area contributed by atoms with Crippen molar-refractivity contribution < 1.29 is 19.4 Å². The predicted octanol–water partition coefficient (Wildman–Crippen LogP) is 0.473. The number of likely N-dealkylation sites (tertiary alicyclic amines) is 1. The van der Waals surface area contributed by atoms with Crippen LogP contribution >= 0.6 is 0 Å². The second-order valence-electron chi connectivity index (χ2n) is 5.30. The third-order valence-electron chi connectivity index (χ3n) is 3.97. The molecule has 0 bridgehead atoms. The molecule has 0 saturated carbocycles. The Hall–Kier alpha value is -2.41. The number of aliphatic hydroxyl groups is 1. The zero-order valence-electron chi connectivity index (χ0n) is 12.2. The van der Waals surface area contributed by atoms with Crippen molar-refractivity contribution in [2.45, 2.75) is 25.0 Å². The molecule has 0 unspecified atom stereocenters. The molecule has 1 aliphatic rings. The van der Waals surface area contributed by atoms with Gasteiger partial charge in [-0.05, 0) is 18.6 Å². The Labute approximate surface area is 127 Å². The quantitative estimate of drug-likeness (QED) is 0.815. The van der Waals surface area contributed by atoms with Crippen LogP contribution in [0.5, 0.6) is 0 Å². The normalized spacial score (nSPS) is 21.8. The predicted molar refractivity (Wildman–Crippen MR) is 77.3 cm³/mol. The summed E-state index contributed by atoms with van der Waals surface area (Å²) >= 11 is 0. The smallest absolute Gasteiger partial charge is 0.328 e. The minimum atomic E-state index is -0.764. The van der Waals surface area contributed by atoms with Crippen molar-refractivity contribution in [2.24, 2.45) is 0 Å². The van der Waals surface area contributed by atoms with Gasteiger partial charge in [-0.15, -0.1) is 0 Å². The molecule has 7 heteroatoms. The molecule has 0 spiro atoms. The Morgan fingerprint density at radius 2 is 2.23 bits per heavy atom. The Morgan fingerprint density at radius 1 is 1.41 bits per heavy atom. The summed E-state index contributed by atoms with van der Waals surface area (Å²) in [6.07, 6.45) is 3.29. The fourth-order valence-corrected chi connectivity index (χ4v) is 2.80. The summed E-state index contributed by atoms with van der Waals surface area (Å²) in [7, 11) is 1.28. The van der Waals surface area contributed by atoms with Gasteiger partial charge in [0, 0.05) is 19.2 Å². The fraction of sp³-hybridized carbons (Fsp3) is 0.400. The minimum Gasteiger partial charge on any atom is -0.467 e. The molecule has 7 nitrogen and oxygen atoms in total. The highest BCUT2D eigenvalue weighted by Gasteiger charge is 2.37. The number of hydrogen-bond acceptors (Lipinski definition) is 5. The van der Waals surface area contributed by atoms with Gasteiger partial charge in [-0.1, -0.05) is 6.07 Å². The van der Waals surface area contributed by atoms with Crippen molar-refractivity contribution in [3.8, 4) is 0 Å². The lowest BCUT2D eigenvalue weighted by Gasteiger charge is -2.35. The summed E-state index contributed by atoms with van der Waals surface area (Å²) in [6, 6.07) is 4.68. The topological polar surface area (TPSA) is 84.1 Å². The summed E-state index contributed by atoms with van der Waals surface area (Å²) in [4.78, 5) is 26.2. The largest absolute Gasteiger partial charge is 0.467 e. The number of nitrogens with zero attached hydrogens (tertiary/aromatic N) is 3. The first-order valence-corrected chi connectivity index (χ1v) is 7.11. The first kappa shape index (κ1) is 14.5. The number of rotatable bonds is 2. The Kier molecular flexibility index (Phi) is 3.81. The van der Waals surface area contributed by atoms with E-state index in [0.717, 1.165) is 0 Å². The summed E-state index contributed by atoms with van der Waals surface area (Å²) in [5, 5.41) is 13.9. The number of ether oxygens (including phenoxy) is 1. The zero-order chi connectivity index (χ0) is 15.7. The number of methoxy groups -OCH3 is 1.